The van der Waals surface area contributed by atoms with Crippen molar-refractivity contribution in [3.63, 3.8) is 0 Å². The summed E-state index contributed by atoms with van der Waals surface area (Å²) in [6, 6.07) is 10.1. The molecular formula is C18H18ClF3N2O2. The van der Waals surface area contributed by atoms with Crippen LogP contribution in [0.5, 0.6) is 0 Å². The van der Waals surface area contributed by atoms with E-state index in [1.54, 1.807) is 0 Å². The molecule has 1 aromatic heterocycles. The van der Waals surface area contributed by atoms with Gasteiger partial charge in [0.15, 0.2) is 0 Å². The lowest BCUT2D eigenvalue weighted by atomic mass is 9.96. The third-order valence-electron chi connectivity index (χ3n) is 3.99. The summed E-state index contributed by atoms with van der Waals surface area (Å²) >= 11 is 5.57. The van der Waals surface area contributed by atoms with Gasteiger partial charge in [0, 0.05) is 18.7 Å². The number of nitrogens with one attached hydrogen (secondary N) is 1. The molecule has 26 heavy (non-hydrogen) atoms. The number of rotatable bonds is 6. The minimum absolute atomic E-state index is 0.0713. The second-order valence-corrected chi connectivity index (χ2v) is 6.23. The molecule has 8 heteroatoms. The normalized spacial score (nSPS) is 12.7. The Kier molecular flexibility index (Phi) is 6.47. The first-order valence-electron chi connectivity index (χ1n) is 8.01. The number of carbonyl (C=O) groups is 1. The number of hydrogen-bond acceptors (Lipinski definition) is 2. The molecule has 2 rings (SSSR count). The van der Waals surface area contributed by atoms with Crippen LogP contribution >= 0.6 is 11.6 Å². The maximum atomic E-state index is 12.8. The third kappa shape index (κ3) is 5.11. The Morgan fingerprint density at radius 2 is 1.92 bits per heavy atom. The third-order valence-corrected chi connectivity index (χ3v) is 4.26. The first kappa shape index (κ1) is 20.0. The predicted octanol–water partition coefficient (Wildman–Crippen LogP) is 3.83. The van der Waals surface area contributed by atoms with Gasteiger partial charge < -0.3 is 9.88 Å². The summed E-state index contributed by atoms with van der Waals surface area (Å²) in [4.78, 5) is 24.0. The van der Waals surface area contributed by atoms with Crippen molar-refractivity contribution >= 4 is 17.5 Å². The van der Waals surface area contributed by atoms with Gasteiger partial charge in [-0.15, -0.1) is 0 Å². The minimum Gasteiger partial charge on any atom is -0.354 e. The van der Waals surface area contributed by atoms with Gasteiger partial charge in [0.2, 0.25) is 5.91 Å². The van der Waals surface area contributed by atoms with Crippen LogP contribution in [0.2, 0.25) is 5.02 Å². The van der Waals surface area contributed by atoms with Crippen LogP contribution < -0.4 is 10.9 Å². The number of hydrogen-bond donors (Lipinski definition) is 1. The zero-order valence-corrected chi connectivity index (χ0v) is 14.8. The molecule has 1 heterocycles. The fourth-order valence-corrected chi connectivity index (χ4v) is 2.77. The van der Waals surface area contributed by atoms with Crippen LogP contribution in [0.15, 0.2) is 47.4 Å². The van der Waals surface area contributed by atoms with Gasteiger partial charge in [-0.2, -0.15) is 13.2 Å². The molecule has 0 spiro atoms. The van der Waals surface area contributed by atoms with Crippen molar-refractivity contribution in [2.45, 2.75) is 32.0 Å². The van der Waals surface area contributed by atoms with Crippen LogP contribution in [0.1, 0.15) is 30.4 Å². The number of aromatic nitrogens is 1. The van der Waals surface area contributed by atoms with Crippen LogP contribution in [0.3, 0.4) is 0 Å². The summed E-state index contributed by atoms with van der Waals surface area (Å²) in [6.07, 6.45) is -3.28. The minimum atomic E-state index is -4.66. The highest BCUT2D eigenvalue weighted by Gasteiger charge is 2.32. The molecule has 0 saturated carbocycles. The van der Waals surface area contributed by atoms with Crippen molar-refractivity contribution in [2.24, 2.45) is 0 Å². The smallest absolute Gasteiger partial charge is 0.354 e. The van der Waals surface area contributed by atoms with Crippen molar-refractivity contribution < 1.29 is 18.0 Å². The summed E-state index contributed by atoms with van der Waals surface area (Å²) in [5.74, 6) is -0.487. The highest BCUT2D eigenvalue weighted by atomic mass is 35.5. The maximum absolute atomic E-state index is 12.8. The van der Waals surface area contributed by atoms with E-state index in [1.807, 2.05) is 37.3 Å². The molecule has 1 atom stereocenters. The first-order chi connectivity index (χ1) is 12.2. The number of nitrogens with zero attached hydrogens (tertiary/aromatic N) is 1. The van der Waals surface area contributed by atoms with Gasteiger partial charge in [-0.3, -0.25) is 9.59 Å². The van der Waals surface area contributed by atoms with Gasteiger partial charge >= 0.3 is 6.18 Å². The van der Waals surface area contributed by atoms with E-state index < -0.39 is 34.8 Å². The Hall–Kier alpha value is -2.28. The van der Waals surface area contributed by atoms with E-state index in [0.717, 1.165) is 12.0 Å². The fraction of sp³-hybridized carbons (Fsp3) is 0.333. The number of halogens is 4. The quantitative estimate of drug-likeness (QED) is 0.820. The van der Waals surface area contributed by atoms with Gasteiger partial charge in [-0.1, -0.05) is 48.9 Å². The molecule has 1 amide bonds. The van der Waals surface area contributed by atoms with Crippen LogP contribution in [0, 0.1) is 0 Å². The average molecular weight is 387 g/mol. The van der Waals surface area contributed by atoms with E-state index in [9.17, 15) is 22.8 Å². The molecule has 0 fully saturated rings. The number of benzene rings is 1. The molecule has 1 aromatic carbocycles. The zero-order valence-electron chi connectivity index (χ0n) is 14.0. The topological polar surface area (TPSA) is 51.1 Å². The molecule has 0 aliphatic carbocycles. The highest BCUT2D eigenvalue weighted by Crippen LogP contribution is 2.29. The van der Waals surface area contributed by atoms with Gasteiger partial charge in [-0.05, 0) is 18.1 Å². The summed E-state index contributed by atoms with van der Waals surface area (Å²) in [6.45, 7) is 1.76. The number of pyridine rings is 1. The Balaban J connectivity index is 2.08. The standard InChI is InChI=1S/C18H18ClF3N2O2/c1-2-12(13-6-4-3-5-7-13)9-23-16(25)11-24-10-14(18(20,21)22)8-15(19)17(24)26/h3-8,10,12H,2,9,11H2,1H3,(H,23,25). The molecule has 140 valence electrons. The van der Waals surface area contributed by atoms with E-state index in [2.05, 4.69) is 5.32 Å². The molecule has 0 aliphatic heterocycles. The van der Waals surface area contributed by atoms with Crippen molar-refractivity contribution in [1.29, 1.82) is 0 Å². The second kappa shape index (κ2) is 8.40. The molecule has 2 aromatic rings. The second-order valence-electron chi connectivity index (χ2n) is 5.83. The molecule has 1 N–H and O–H groups in total. The Morgan fingerprint density at radius 3 is 2.50 bits per heavy atom. The SMILES string of the molecule is CCC(CNC(=O)Cn1cc(C(F)(F)F)cc(Cl)c1=O)c1ccccc1. The molecule has 0 bridgehead atoms. The van der Waals surface area contributed by atoms with E-state index in [1.165, 1.54) is 0 Å². The Labute approximate surface area is 153 Å². The summed E-state index contributed by atoms with van der Waals surface area (Å²) < 4.78 is 39.2. The number of amides is 1. The lowest BCUT2D eigenvalue weighted by Gasteiger charge is -2.17. The monoisotopic (exact) mass is 386 g/mol. The van der Waals surface area contributed by atoms with E-state index in [-0.39, 0.29) is 5.92 Å². The van der Waals surface area contributed by atoms with Crippen LogP contribution in [-0.4, -0.2) is 17.0 Å². The lowest BCUT2D eigenvalue weighted by Crippen LogP contribution is -2.35. The van der Waals surface area contributed by atoms with E-state index in [0.29, 0.717) is 23.4 Å². The van der Waals surface area contributed by atoms with E-state index >= 15 is 0 Å². The largest absolute Gasteiger partial charge is 0.417 e. The van der Waals surface area contributed by atoms with Crippen molar-refractivity contribution in [1.82, 2.24) is 9.88 Å². The van der Waals surface area contributed by atoms with Crippen LogP contribution in [0.25, 0.3) is 0 Å². The summed E-state index contributed by atoms with van der Waals surface area (Å²) in [5, 5.41) is 2.08. The average Bonchev–Trinajstić information content (AvgIpc) is 2.59. The molecular weight excluding hydrogens is 369 g/mol. The molecule has 1 unspecified atom stereocenters. The van der Waals surface area contributed by atoms with Gasteiger partial charge in [0.1, 0.15) is 11.6 Å². The highest BCUT2D eigenvalue weighted by molar-refractivity contribution is 6.30. The van der Waals surface area contributed by atoms with Gasteiger partial charge in [0.05, 0.1) is 5.56 Å². The maximum Gasteiger partial charge on any atom is 0.417 e. The first-order valence-corrected chi connectivity index (χ1v) is 8.39. The summed E-state index contributed by atoms with van der Waals surface area (Å²) in [5.41, 5.74) is -0.870. The molecule has 0 saturated heterocycles. The van der Waals surface area contributed by atoms with Crippen molar-refractivity contribution in [2.75, 3.05) is 6.54 Å². The van der Waals surface area contributed by atoms with Gasteiger partial charge in [0.25, 0.3) is 5.56 Å². The molecule has 0 radical (unpaired) electrons. The number of alkyl halides is 3. The predicted molar refractivity (Wildman–Crippen MR) is 93.2 cm³/mol. The van der Waals surface area contributed by atoms with Crippen molar-refractivity contribution in [3.05, 3.63) is 69.1 Å². The summed E-state index contributed by atoms with van der Waals surface area (Å²) in [7, 11) is 0. The lowest BCUT2D eigenvalue weighted by molar-refractivity contribution is -0.138. The molecule has 4 nitrogen and oxygen atoms in total. The zero-order chi connectivity index (χ0) is 19.3. The Morgan fingerprint density at radius 1 is 1.27 bits per heavy atom. The van der Waals surface area contributed by atoms with Crippen molar-refractivity contribution in [3.8, 4) is 0 Å². The van der Waals surface area contributed by atoms with E-state index in [4.69, 9.17) is 11.6 Å². The number of carbonyl (C=O) groups excluding carboxylic acids is 1. The fourth-order valence-electron chi connectivity index (χ4n) is 2.54. The Bertz CT molecular complexity index is 819. The van der Waals surface area contributed by atoms with Crippen LogP contribution in [0.4, 0.5) is 13.2 Å². The van der Waals surface area contributed by atoms with Gasteiger partial charge in [-0.25, -0.2) is 0 Å². The van der Waals surface area contributed by atoms with Crippen LogP contribution in [-0.2, 0) is 17.5 Å². The molecule has 0 aliphatic rings.